The number of carbonyl (C=O) groups is 9. The summed E-state index contributed by atoms with van der Waals surface area (Å²) >= 11 is 0. The lowest BCUT2D eigenvalue weighted by Gasteiger charge is -2.41. The van der Waals surface area contributed by atoms with Crippen molar-refractivity contribution in [3.8, 4) is 0 Å². The number of anilines is 1. The van der Waals surface area contributed by atoms with E-state index in [-0.39, 0.29) is 92.5 Å². The summed E-state index contributed by atoms with van der Waals surface area (Å²) in [5, 5.41) is 21.0. The molecule has 94 heavy (non-hydrogen) atoms. The number of primary amides is 1. The Labute approximate surface area is 555 Å². The predicted molar refractivity (Wildman–Crippen MR) is 361 cm³/mol. The number of methoxy groups -OCH3 is 2. The van der Waals surface area contributed by atoms with Crippen LogP contribution in [-0.2, 0) is 67.3 Å². The number of benzene rings is 2. The topological polar surface area (TPSA) is 323 Å². The third-order valence-corrected chi connectivity index (χ3v) is 18.0. The minimum absolute atomic E-state index is 0.00154. The van der Waals surface area contributed by atoms with E-state index in [0.717, 1.165) is 22.3 Å². The van der Waals surface area contributed by atoms with Crippen LogP contribution in [-0.4, -0.2) is 185 Å². The zero-order valence-electron chi connectivity index (χ0n) is 58.0. The van der Waals surface area contributed by atoms with Crippen LogP contribution in [0.3, 0.4) is 0 Å². The van der Waals surface area contributed by atoms with E-state index in [1.54, 1.807) is 61.9 Å². The summed E-state index contributed by atoms with van der Waals surface area (Å²) in [5.74, 6) is -4.55. The van der Waals surface area contributed by atoms with Gasteiger partial charge in [-0.3, -0.25) is 43.3 Å². The molecule has 5 rings (SSSR count). The maximum Gasteiger partial charge on any atom is 0.312 e. The lowest BCUT2D eigenvalue weighted by Crippen LogP contribution is -2.59. The highest BCUT2D eigenvalue weighted by molar-refractivity contribution is 5.98. The maximum absolute atomic E-state index is 14.6. The molecule has 25 nitrogen and oxygen atoms in total. The molecule has 1 aliphatic rings. The third-order valence-electron chi connectivity index (χ3n) is 18.0. The number of likely N-dealkylation sites (tertiary alicyclic amines) is 1. The molecule has 10 amide bonds. The van der Waals surface area contributed by atoms with Gasteiger partial charge >= 0.3 is 6.03 Å². The molecule has 9 N–H and O–H groups in total. The molecule has 0 unspecified atom stereocenters. The van der Waals surface area contributed by atoms with Gasteiger partial charge in [-0.05, 0) is 106 Å². The molecule has 0 bridgehead atoms. The van der Waals surface area contributed by atoms with Gasteiger partial charge in [0.15, 0.2) is 0 Å². The Balaban J connectivity index is 1.22. The Bertz CT molecular complexity index is 3130. The molecule has 0 saturated carbocycles. The van der Waals surface area contributed by atoms with Crippen molar-refractivity contribution in [2.75, 3.05) is 53.8 Å². The standard InChI is InChI=1S/C69H106N14O11/c1-16-44(8)60(81(13)68(91)58(42(4)5)79-67(90)59(43(6)7)80(11)12)54(93-14)38-56(85)83-35-21-26-53(83)61(94-15)45(9)63(86)77-52(37-47-23-18-17-19-24-47)64(87)72-39-48-28-30-49(31-29-48)75-65(88)51(25-20-33-71-69(70)92)76-66(89)57(41(2)3)78-55(84)27-22-34-82-36-32-50-46(10)73-40-74-62(50)82/h17-19,23-24,28-32,36,40-45,51-54,57-61H,16,20-22,25-27,33-35,37-39H2,1-15H3,(H,72,87)(H,75,88)(H,76,89)(H,77,86)(H,78,84)(H,79,90)(H3,70,71,92)/t44-,45+,51-,52-,53-,54+,57-,58-,59-,60-,61+/m0/s1. The summed E-state index contributed by atoms with van der Waals surface area (Å²) < 4.78 is 14.2. The van der Waals surface area contributed by atoms with Gasteiger partial charge in [0.1, 0.15) is 36.1 Å². The van der Waals surface area contributed by atoms with Crippen LogP contribution < -0.4 is 43.0 Å². The Morgan fingerprint density at radius 3 is 1.99 bits per heavy atom. The Hall–Kier alpha value is -8.03. The number of aromatic nitrogens is 3. The number of nitrogens with zero attached hydrogens (tertiary/aromatic N) is 6. The monoisotopic (exact) mass is 1310 g/mol. The van der Waals surface area contributed by atoms with Gasteiger partial charge in [-0.15, -0.1) is 0 Å². The molecule has 0 spiro atoms. The summed E-state index contributed by atoms with van der Waals surface area (Å²) in [6.45, 7) is 20.1. The highest BCUT2D eigenvalue weighted by Gasteiger charge is 2.44. The second kappa shape index (κ2) is 37.2. The number of hydrogen-bond acceptors (Lipinski definition) is 14. The third kappa shape index (κ3) is 21.8. The van der Waals surface area contributed by atoms with Gasteiger partial charge in [0.05, 0.1) is 48.4 Å². The number of ether oxygens (including phenoxy) is 2. The van der Waals surface area contributed by atoms with E-state index < -0.39 is 90.1 Å². The van der Waals surface area contributed by atoms with Crippen LogP contribution in [0.1, 0.15) is 131 Å². The number of carbonyl (C=O) groups excluding carboxylic acids is 9. The average Bonchev–Trinajstić information content (AvgIpc) is 1.58. The van der Waals surface area contributed by atoms with Crippen LogP contribution in [0, 0.1) is 36.5 Å². The highest BCUT2D eigenvalue weighted by Crippen LogP contribution is 2.30. The Kier molecular flexibility index (Phi) is 30.3. The van der Waals surface area contributed by atoms with Crippen molar-refractivity contribution in [3.63, 3.8) is 0 Å². The second-order valence-corrected chi connectivity index (χ2v) is 26.2. The number of hydrogen-bond donors (Lipinski definition) is 8. The van der Waals surface area contributed by atoms with Crippen molar-refractivity contribution in [1.82, 2.24) is 61.1 Å². The number of nitrogens with one attached hydrogen (secondary N) is 7. The summed E-state index contributed by atoms with van der Waals surface area (Å²) in [4.78, 5) is 138. The number of fused-ring (bicyclic) bond motifs is 1. The molecule has 0 aliphatic carbocycles. The summed E-state index contributed by atoms with van der Waals surface area (Å²) in [5.41, 5.74) is 8.79. The van der Waals surface area contributed by atoms with E-state index in [9.17, 15) is 43.2 Å². The van der Waals surface area contributed by atoms with Crippen molar-refractivity contribution in [2.45, 2.75) is 195 Å². The second-order valence-electron chi connectivity index (χ2n) is 26.2. The summed E-state index contributed by atoms with van der Waals surface area (Å²) in [7, 11) is 8.43. The van der Waals surface area contributed by atoms with E-state index >= 15 is 0 Å². The van der Waals surface area contributed by atoms with Gasteiger partial charge < -0.3 is 66.8 Å². The molecule has 25 heteroatoms. The zero-order valence-corrected chi connectivity index (χ0v) is 58.0. The highest BCUT2D eigenvalue weighted by atomic mass is 16.5. The molecule has 518 valence electrons. The summed E-state index contributed by atoms with van der Waals surface area (Å²) in [6, 6.07) is 11.9. The number of nitrogens with two attached hydrogens (primary N) is 1. The van der Waals surface area contributed by atoms with Crippen LogP contribution in [0.25, 0.3) is 11.0 Å². The van der Waals surface area contributed by atoms with Crippen molar-refractivity contribution in [1.29, 1.82) is 0 Å². The first-order valence-electron chi connectivity index (χ1n) is 33.1. The number of urea groups is 1. The molecule has 2 aromatic heterocycles. The molecular formula is C69H106N14O11. The van der Waals surface area contributed by atoms with Gasteiger partial charge in [0, 0.05) is 77.6 Å². The van der Waals surface area contributed by atoms with E-state index in [2.05, 4.69) is 47.2 Å². The lowest BCUT2D eigenvalue weighted by molar-refractivity contribution is -0.148. The molecule has 1 saturated heterocycles. The van der Waals surface area contributed by atoms with Gasteiger partial charge in [-0.1, -0.05) is 111 Å². The number of amides is 10. The SMILES string of the molecule is CC[C@H](C)[C@@H]([C@@H](CC(=O)N1CCC[C@H]1[C@H](OC)[C@@H](C)C(=O)N[C@@H](Cc1ccccc1)C(=O)NCc1ccc(NC(=O)[C@H](CCCNC(N)=O)NC(=O)[C@@H](NC(=O)CCCn2ccc3c(C)ncnc32)C(C)C)cc1)OC)N(C)C(=O)[C@@H](NC(=O)[C@H](C(C)C)N(C)C)C(C)C. The number of rotatable bonds is 37. The quantitative estimate of drug-likeness (QED) is 0.0269. The van der Waals surface area contributed by atoms with E-state index in [4.69, 9.17) is 15.2 Å². The van der Waals surface area contributed by atoms with Gasteiger partial charge in [-0.2, -0.15) is 0 Å². The van der Waals surface area contributed by atoms with Crippen LogP contribution in [0.15, 0.2) is 73.2 Å². The minimum atomic E-state index is -1.07. The largest absolute Gasteiger partial charge is 0.379 e. The molecule has 4 aromatic rings. The van der Waals surface area contributed by atoms with Crippen molar-refractivity contribution >= 4 is 70.0 Å². The van der Waals surface area contributed by atoms with Crippen LogP contribution >= 0.6 is 0 Å². The zero-order chi connectivity index (χ0) is 69.5. The lowest BCUT2D eigenvalue weighted by atomic mass is 9.89. The Morgan fingerprint density at radius 1 is 0.713 bits per heavy atom. The normalized spacial score (nSPS) is 16.5. The summed E-state index contributed by atoms with van der Waals surface area (Å²) in [6.07, 6.45) is 4.96. The molecule has 11 atom stereocenters. The number of aryl methyl sites for hydroxylation is 2. The average molecular weight is 1310 g/mol. The predicted octanol–water partition coefficient (Wildman–Crippen LogP) is 5.22. The van der Waals surface area contributed by atoms with Gasteiger partial charge in [0.2, 0.25) is 47.3 Å². The Morgan fingerprint density at radius 2 is 1.38 bits per heavy atom. The fraction of sp³-hybridized carbons (Fsp3) is 0.609. The molecular weight excluding hydrogens is 1200 g/mol. The van der Waals surface area contributed by atoms with Crippen molar-refractivity contribution in [2.24, 2.45) is 35.3 Å². The fourth-order valence-electron chi connectivity index (χ4n) is 12.6. The molecule has 3 heterocycles. The fourth-order valence-corrected chi connectivity index (χ4v) is 12.6. The van der Waals surface area contributed by atoms with E-state index in [1.807, 2.05) is 115 Å². The molecule has 0 radical (unpaired) electrons. The van der Waals surface area contributed by atoms with Gasteiger partial charge in [0.25, 0.3) is 0 Å². The van der Waals surface area contributed by atoms with Crippen LogP contribution in [0.4, 0.5) is 10.5 Å². The van der Waals surface area contributed by atoms with E-state index in [1.165, 1.54) is 20.5 Å². The number of likely N-dealkylation sites (N-methyl/N-ethyl adjacent to an activating group) is 2. The van der Waals surface area contributed by atoms with Gasteiger partial charge in [-0.25, -0.2) is 14.8 Å². The van der Waals surface area contributed by atoms with Crippen molar-refractivity contribution < 1.29 is 52.6 Å². The first kappa shape index (κ1) is 76.7. The molecule has 1 aliphatic heterocycles. The molecule has 1 fully saturated rings. The maximum atomic E-state index is 14.6. The van der Waals surface area contributed by atoms with Crippen LogP contribution in [0.2, 0.25) is 0 Å². The van der Waals surface area contributed by atoms with E-state index in [0.29, 0.717) is 50.0 Å². The minimum Gasteiger partial charge on any atom is -0.379 e. The first-order valence-corrected chi connectivity index (χ1v) is 33.1. The first-order chi connectivity index (χ1) is 44.6. The van der Waals surface area contributed by atoms with Crippen molar-refractivity contribution in [3.05, 3.63) is 90.0 Å². The van der Waals surface area contributed by atoms with Crippen LogP contribution in [0.5, 0.6) is 0 Å². The smallest absolute Gasteiger partial charge is 0.312 e. The molecule has 2 aromatic carbocycles.